The third-order valence-electron chi connectivity index (χ3n) is 4.06. The lowest BCUT2D eigenvalue weighted by Gasteiger charge is -2.30. The lowest BCUT2D eigenvalue weighted by Crippen LogP contribution is -2.40. The molecule has 25 heavy (non-hydrogen) atoms. The second-order valence-electron chi connectivity index (χ2n) is 6.01. The van der Waals surface area contributed by atoms with E-state index in [0.29, 0.717) is 30.3 Å². The summed E-state index contributed by atoms with van der Waals surface area (Å²) in [7, 11) is 0. The number of rotatable bonds is 6. The average Bonchev–Trinajstić information content (AvgIpc) is 2.61. The van der Waals surface area contributed by atoms with Gasteiger partial charge in [0.25, 0.3) is 5.91 Å². The van der Waals surface area contributed by atoms with E-state index in [1.165, 1.54) is 0 Å². The maximum absolute atomic E-state index is 12.3. The van der Waals surface area contributed by atoms with Crippen molar-refractivity contribution in [1.82, 2.24) is 0 Å². The standard InChI is InChI=1S/C19H21ClN2O3/c1-13(21)14-3-8-18-17(11-14)22(19(23)12-25-18)9-2-10-24-16-6-4-15(20)5-7-16/h3-8,11,13H,2,9-10,12,21H2,1H3. The van der Waals surface area contributed by atoms with Crippen LogP contribution < -0.4 is 20.1 Å². The Bertz CT molecular complexity index is 747. The lowest BCUT2D eigenvalue weighted by atomic mass is 10.1. The Morgan fingerprint density at radius 3 is 2.76 bits per heavy atom. The van der Waals surface area contributed by atoms with E-state index >= 15 is 0 Å². The molecule has 6 heteroatoms. The molecule has 1 aliphatic heterocycles. The SMILES string of the molecule is CC(N)c1ccc2c(c1)N(CCCOc1ccc(Cl)cc1)C(=O)CO2. The highest BCUT2D eigenvalue weighted by atomic mass is 35.5. The Labute approximate surface area is 152 Å². The molecule has 5 nitrogen and oxygen atoms in total. The summed E-state index contributed by atoms with van der Waals surface area (Å²) in [6, 6.07) is 12.9. The molecule has 0 saturated carbocycles. The molecule has 1 atom stereocenters. The number of benzene rings is 2. The summed E-state index contributed by atoms with van der Waals surface area (Å²) in [4.78, 5) is 14.0. The third kappa shape index (κ3) is 4.24. The summed E-state index contributed by atoms with van der Waals surface area (Å²) in [5.74, 6) is 1.42. The van der Waals surface area contributed by atoms with Gasteiger partial charge in [-0.25, -0.2) is 0 Å². The number of hydrogen-bond acceptors (Lipinski definition) is 4. The third-order valence-corrected chi connectivity index (χ3v) is 4.31. The number of carbonyl (C=O) groups excluding carboxylic acids is 1. The molecule has 0 spiro atoms. The topological polar surface area (TPSA) is 64.8 Å². The van der Waals surface area contributed by atoms with Gasteiger partial charge in [0, 0.05) is 17.6 Å². The van der Waals surface area contributed by atoms with Gasteiger partial charge < -0.3 is 20.1 Å². The van der Waals surface area contributed by atoms with Gasteiger partial charge in [-0.3, -0.25) is 4.79 Å². The molecule has 3 rings (SSSR count). The predicted molar refractivity (Wildman–Crippen MR) is 98.5 cm³/mol. The zero-order chi connectivity index (χ0) is 17.8. The highest BCUT2D eigenvalue weighted by molar-refractivity contribution is 6.30. The van der Waals surface area contributed by atoms with Crippen molar-refractivity contribution in [3.63, 3.8) is 0 Å². The zero-order valence-corrected chi connectivity index (χ0v) is 14.8. The van der Waals surface area contributed by atoms with Crippen molar-refractivity contribution in [2.75, 3.05) is 24.7 Å². The first-order valence-corrected chi connectivity index (χ1v) is 8.63. The first kappa shape index (κ1) is 17.6. The Hall–Kier alpha value is -2.24. The summed E-state index contributed by atoms with van der Waals surface area (Å²) in [5.41, 5.74) is 7.70. The molecule has 1 heterocycles. The molecule has 0 bridgehead atoms. The largest absolute Gasteiger partial charge is 0.494 e. The molecule has 0 radical (unpaired) electrons. The number of nitrogens with two attached hydrogens (primary N) is 1. The molecule has 0 aromatic heterocycles. The van der Waals surface area contributed by atoms with E-state index in [-0.39, 0.29) is 18.6 Å². The van der Waals surface area contributed by atoms with E-state index in [1.807, 2.05) is 37.3 Å². The van der Waals surface area contributed by atoms with Crippen molar-refractivity contribution in [3.05, 3.63) is 53.1 Å². The van der Waals surface area contributed by atoms with E-state index in [2.05, 4.69) is 0 Å². The second kappa shape index (κ2) is 7.76. The number of hydrogen-bond donors (Lipinski definition) is 1. The van der Waals surface area contributed by atoms with Gasteiger partial charge >= 0.3 is 0 Å². The summed E-state index contributed by atoms with van der Waals surface area (Å²) in [6.07, 6.45) is 0.705. The van der Waals surface area contributed by atoms with Crippen LogP contribution in [-0.4, -0.2) is 25.7 Å². The quantitative estimate of drug-likeness (QED) is 0.800. The molecular formula is C19H21ClN2O3. The maximum atomic E-state index is 12.3. The monoisotopic (exact) mass is 360 g/mol. The highest BCUT2D eigenvalue weighted by Crippen LogP contribution is 2.34. The van der Waals surface area contributed by atoms with E-state index in [1.54, 1.807) is 17.0 Å². The van der Waals surface area contributed by atoms with Gasteiger partial charge in [0.2, 0.25) is 0 Å². The van der Waals surface area contributed by atoms with Crippen LogP contribution in [0.5, 0.6) is 11.5 Å². The van der Waals surface area contributed by atoms with Gasteiger partial charge in [-0.05, 0) is 55.3 Å². The van der Waals surface area contributed by atoms with Gasteiger partial charge in [-0.1, -0.05) is 17.7 Å². The molecule has 1 aliphatic rings. The van der Waals surface area contributed by atoms with Crippen molar-refractivity contribution in [1.29, 1.82) is 0 Å². The smallest absolute Gasteiger partial charge is 0.265 e. The Morgan fingerprint density at radius 2 is 2.04 bits per heavy atom. The number of amides is 1. The molecule has 0 fully saturated rings. The molecule has 1 unspecified atom stereocenters. The molecule has 2 aromatic carbocycles. The molecular weight excluding hydrogens is 340 g/mol. The molecule has 1 amide bonds. The van der Waals surface area contributed by atoms with Crippen LogP contribution >= 0.6 is 11.6 Å². The minimum Gasteiger partial charge on any atom is -0.494 e. The number of carbonyl (C=O) groups is 1. The molecule has 0 aliphatic carbocycles. The number of fused-ring (bicyclic) bond motifs is 1. The second-order valence-corrected chi connectivity index (χ2v) is 6.44. The van der Waals surface area contributed by atoms with Gasteiger partial charge in [-0.15, -0.1) is 0 Å². The highest BCUT2D eigenvalue weighted by Gasteiger charge is 2.25. The fraction of sp³-hybridized carbons (Fsp3) is 0.316. The maximum Gasteiger partial charge on any atom is 0.265 e. The van der Waals surface area contributed by atoms with Crippen LogP contribution in [0.4, 0.5) is 5.69 Å². The van der Waals surface area contributed by atoms with Crippen molar-refractivity contribution in [2.24, 2.45) is 5.73 Å². The van der Waals surface area contributed by atoms with E-state index < -0.39 is 0 Å². The molecule has 2 aromatic rings. The van der Waals surface area contributed by atoms with Crippen molar-refractivity contribution in [3.8, 4) is 11.5 Å². The van der Waals surface area contributed by atoms with Crippen LogP contribution in [0.15, 0.2) is 42.5 Å². The minimum atomic E-state index is -0.0996. The van der Waals surface area contributed by atoms with Gasteiger partial charge in [0.1, 0.15) is 11.5 Å². The number of halogens is 1. The predicted octanol–water partition coefficient (Wildman–Crippen LogP) is 3.55. The molecule has 2 N–H and O–H groups in total. The Kier molecular flexibility index (Phi) is 5.46. The number of ether oxygens (including phenoxy) is 2. The fourth-order valence-corrected chi connectivity index (χ4v) is 2.82. The van der Waals surface area contributed by atoms with Crippen LogP contribution in [0.2, 0.25) is 5.02 Å². The van der Waals surface area contributed by atoms with Crippen LogP contribution in [0.1, 0.15) is 24.9 Å². The van der Waals surface area contributed by atoms with Crippen molar-refractivity contribution >= 4 is 23.2 Å². The van der Waals surface area contributed by atoms with Gasteiger partial charge in [0.15, 0.2) is 6.61 Å². The Morgan fingerprint density at radius 1 is 1.28 bits per heavy atom. The van der Waals surface area contributed by atoms with Crippen LogP contribution in [0, 0.1) is 0 Å². The first-order chi connectivity index (χ1) is 12.0. The molecule has 132 valence electrons. The van der Waals surface area contributed by atoms with Crippen molar-refractivity contribution < 1.29 is 14.3 Å². The normalized spacial score (nSPS) is 14.7. The summed E-state index contributed by atoms with van der Waals surface area (Å²) in [5, 5.41) is 0.674. The first-order valence-electron chi connectivity index (χ1n) is 8.25. The summed E-state index contributed by atoms with van der Waals surface area (Å²) < 4.78 is 11.2. The number of anilines is 1. The number of nitrogens with zero attached hydrogens (tertiary/aromatic N) is 1. The molecule has 0 saturated heterocycles. The van der Waals surface area contributed by atoms with E-state index in [0.717, 1.165) is 17.0 Å². The van der Waals surface area contributed by atoms with Crippen LogP contribution in [-0.2, 0) is 4.79 Å². The lowest BCUT2D eigenvalue weighted by molar-refractivity contribution is -0.121. The van der Waals surface area contributed by atoms with Crippen molar-refractivity contribution in [2.45, 2.75) is 19.4 Å². The fourth-order valence-electron chi connectivity index (χ4n) is 2.69. The minimum absolute atomic E-state index is 0.0548. The van der Waals surface area contributed by atoms with Crippen LogP contribution in [0.25, 0.3) is 0 Å². The van der Waals surface area contributed by atoms with Gasteiger partial charge in [0.05, 0.1) is 12.3 Å². The Balaban J connectivity index is 1.63. The van der Waals surface area contributed by atoms with Crippen LogP contribution in [0.3, 0.4) is 0 Å². The van der Waals surface area contributed by atoms with Gasteiger partial charge in [-0.2, -0.15) is 0 Å². The van der Waals surface area contributed by atoms with E-state index in [9.17, 15) is 4.79 Å². The zero-order valence-electron chi connectivity index (χ0n) is 14.1. The summed E-state index contributed by atoms with van der Waals surface area (Å²) in [6.45, 7) is 3.04. The van der Waals surface area contributed by atoms with E-state index in [4.69, 9.17) is 26.8 Å². The summed E-state index contributed by atoms with van der Waals surface area (Å²) >= 11 is 5.85. The average molecular weight is 361 g/mol.